The minimum absolute atomic E-state index is 0.00662. The molecule has 7 atom stereocenters. The highest BCUT2D eigenvalue weighted by Crippen LogP contribution is 2.20. The Balaban J connectivity index is 2.33. The Hall–Kier alpha value is -5.14. The lowest BCUT2D eigenvalue weighted by atomic mass is 10.00. The van der Waals surface area contributed by atoms with E-state index in [-0.39, 0.29) is 38.1 Å². The summed E-state index contributed by atoms with van der Waals surface area (Å²) in [5.74, 6) is -7.55. The summed E-state index contributed by atoms with van der Waals surface area (Å²) in [4.78, 5) is 104. The summed E-state index contributed by atoms with van der Waals surface area (Å²) >= 11 is 0. The van der Waals surface area contributed by atoms with Gasteiger partial charge >= 0.3 is 11.9 Å². The fourth-order valence-electron chi connectivity index (χ4n) is 5.99. The number of rotatable bonds is 23. The standard InChI is InChI=1S/C36H56N8O11/c1-20(2)16-24(42-34(53)27-13-9-15-44(27)36(55)26(18-28(46)47)43-35(54)30(38)21(3)45)32(51)41-25(17-22-10-5-4-6-11-22)33(52)40-23(12-7-8-14-37)31(50)39-19-29(48)49/h4-6,10-11,20-21,23-27,30,45H,7-9,12-19,37-38H2,1-3H3,(H,39,50)(H,40,52)(H,41,51)(H,42,53)(H,43,54)(H,46,47)(H,48,49)/t21-,23+,24+,25+,26+,27+,30+/m1/s1. The number of aliphatic hydroxyl groups excluding tert-OH is 1. The van der Waals surface area contributed by atoms with Gasteiger partial charge in [-0.1, -0.05) is 44.2 Å². The third-order valence-electron chi connectivity index (χ3n) is 8.90. The van der Waals surface area contributed by atoms with E-state index >= 15 is 0 Å². The molecule has 2 rings (SSSR count). The minimum atomic E-state index is -1.60. The SMILES string of the molecule is CC(C)C[C@H](NC(=O)[C@@H]1CCCN1C(=O)[C@H](CC(=O)O)NC(=O)[C@@H](N)[C@@H](C)O)C(=O)N[C@@H](Cc1ccccc1)C(=O)N[C@@H](CCCCN)C(=O)NCC(=O)O. The van der Waals surface area contributed by atoms with Crippen molar-refractivity contribution >= 4 is 47.4 Å². The van der Waals surface area contributed by atoms with E-state index in [9.17, 15) is 48.6 Å². The summed E-state index contributed by atoms with van der Waals surface area (Å²) in [5.41, 5.74) is 11.9. The zero-order valence-electron chi connectivity index (χ0n) is 31.5. The van der Waals surface area contributed by atoms with Crippen molar-refractivity contribution in [2.45, 2.75) is 114 Å². The van der Waals surface area contributed by atoms with Crippen molar-refractivity contribution < 1.29 is 53.7 Å². The molecule has 0 unspecified atom stereocenters. The van der Waals surface area contributed by atoms with Gasteiger partial charge in [0.25, 0.3) is 0 Å². The molecule has 0 spiro atoms. The zero-order valence-corrected chi connectivity index (χ0v) is 31.5. The lowest BCUT2D eigenvalue weighted by Gasteiger charge is -2.30. The van der Waals surface area contributed by atoms with E-state index in [1.807, 2.05) is 13.8 Å². The Bertz CT molecular complexity index is 1490. The molecule has 1 aromatic rings. The van der Waals surface area contributed by atoms with Crippen LogP contribution in [0.15, 0.2) is 30.3 Å². The van der Waals surface area contributed by atoms with Crippen LogP contribution < -0.4 is 38.1 Å². The number of carboxylic acid groups (broad SMARTS) is 2. The van der Waals surface area contributed by atoms with Crippen LogP contribution in [0, 0.1) is 5.92 Å². The van der Waals surface area contributed by atoms with Crippen LogP contribution in [0.5, 0.6) is 0 Å². The summed E-state index contributed by atoms with van der Waals surface area (Å²) in [6, 6.07) is 0.976. The number of amides is 6. The third kappa shape index (κ3) is 15.6. The average Bonchev–Trinajstić information content (AvgIpc) is 3.62. The van der Waals surface area contributed by atoms with E-state index in [0.717, 1.165) is 4.90 Å². The Morgan fingerprint density at radius 1 is 0.800 bits per heavy atom. The van der Waals surface area contributed by atoms with Crippen LogP contribution in [0.1, 0.15) is 71.3 Å². The van der Waals surface area contributed by atoms with Gasteiger partial charge in [0.05, 0.1) is 12.5 Å². The van der Waals surface area contributed by atoms with E-state index in [0.29, 0.717) is 31.4 Å². The first-order valence-electron chi connectivity index (χ1n) is 18.4. The van der Waals surface area contributed by atoms with Crippen LogP contribution in [0.2, 0.25) is 0 Å². The molecule has 306 valence electrons. The number of nitrogens with one attached hydrogen (secondary N) is 5. The maximum Gasteiger partial charge on any atom is 0.322 e. The number of likely N-dealkylation sites (tertiary alicyclic amines) is 1. The second-order valence-corrected chi connectivity index (χ2v) is 14.0. The van der Waals surface area contributed by atoms with Gasteiger partial charge in [-0.2, -0.15) is 0 Å². The quantitative estimate of drug-likeness (QED) is 0.0525. The van der Waals surface area contributed by atoms with Crippen molar-refractivity contribution in [3.8, 4) is 0 Å². The lowest BCUT2D eigenvalue weighted by Crippen LogP contribution is -2.60. The van der Waals surface area contributed by atoms with Crippen molar-refractivity contribution in [3.63, 3.8) is 0 Å². The smallest absolute Gasteiger partial charge is 0.322 e. The highest BCUT2D eigenvalue weighted by atomic mass is 16.4. The van der Waals surface area contributed by atoms with Crippen molar-refractivity contribution in [2.75, 3.05) is 19.6 Å². The maximum absolute atomic E-state index is 13.9. The molecule has 0 aromatic heterocycles. The summed E-state index contributed by atoms with van der Waals surface area (Å²) in [7, 11) is 0. The van der Waals surface area contributed by atoms with E-state index < -0.39 is 103 Å². The van der Waals surface area contributed by atoms with Crippen LogP contribution in [-0.4, -0.2) is 130 Å². The molecule has 0 bridgehead atoms. The van der Waals surface area contributed by atoms with Gasteiger partial charge in [0.15, 0.2) is 0 Å². The Labute approximate surface area is 319 Å². The summed E-state index contributed by atoms with van der Waals surface area (Å²) in [6.45, 7) is 4.59. The summed E-state index contributed by atoms with van der Waals surface area (Å²) in [6.07, 6.45) is -0.345. The third-order valence-corrected chi connectivity index (χ3v) is 8.90. The molecule has 19 nitrogen and oxygen atoms in total. The first kappa shape index (κ1) is 46.0. The molecule has 0 aliphatic carbocycles. The van der Waals surface area contributed by atoms with Crippen LogP contribution in [0.25, 0.3) is 0 Å². The summed E-state index contributed by atoms with van der Waals surface area (Å²) in [5, 5.41) is 40.7. The number of aliphatic carboxylic acids is 2. The van der Waals surface area contributed by atoms with Gasteiger partial charge in [0.1, 0.15) is 42.8 Å². The van der Waals surface area contributed by atoms with E-state index in [1.54, 1.807) is 30.3 Å². The second-order valence-electron chi connectivity index (χ2n) is 14.0. The van der Waals surface area contributed by atoms with Gasteiger partial charge in [-0.15, -0.1) is 0 Å². The van der Waals surface area contributed by atoms with Gasteiger partial charge in [-0.25, -0.2) is 0 Å². The summed E-state index contributed by atoms with van der Waals surface area (Å²) < 4.78 is 0. The molecule has 1 fully saturated rings. The molecular weight excluding hydrogens is 720 g/mol. The molecule has 1 saturated heterocycles. The first-order chi connectivity index (χ1) is 25.9. The largest absolute Gasteiger partial charge is 0.481 e. The van der Waals surface area contributed by atoms with Crippen LogP contribution >= 0.6 is 0 Å². The molecule has 55 heavy (non-hydrogen) atoms. The topological polar surface area (TPSA) is 313 Å². The molecular formula is C36H56N8O11. The number of hydrogen-bond donors (Lipinski definition) is 10. The maximum atomic E-state index is 13.9. The van der Waals surface area contributed by atoms with Crippen molar-refractivity contribution in [1.82, 2.24) is 31.5 Å². The second kappa shape index (κ2) is 22.9. The van der Waals surface area contributed by atoms with Crippen molar-refractivity contribution in [2.24, 2.45) is 17.4 Å². The van der Waals surface area contributed by atoms with Crippen molar-refractivity contribution in [3.05, 3.63) is 35.9 Å². The lowest BCUT2D eigenvalue weighted by molar-refractivity contribution is -0.146. The first-order valence-corrected chi connectivity index (χ1v) is 18.4. The molecule has 19 heteroatoms. The Kier molecular flexibility index (Phi) is 19.2. The van der Waals surface area contributed by atoms with E-state index in [1.165, 1.54) is 6.92 Å². The van der Waals surface area contributed by atoms with Gasteiger partial charge in [-0.3, -0.25) is 38.4 Å². The highest BCUT2D eigenvalue weighted by Gasteiger charge is 2.40. The molecule has 1 aliphatic rings. The van der Waals surface area contributed by atoms with Crippen LogP contribution in [0.3, 0.4) is 0 Å². The van der Waals surface area contributed by atoms with Crippen LogP contribution in [-0.2, 0) is 44.8 Å². The molecule has 1 aromatic carbocycles. The van der Waals surface area contributed by atoms with Crippen LogP contribution in [0.4, 0.5) is 0 Å². The van der Waals surface area contributed by atoms with E-state index in [4.69, 9.17) is 16.6 Å². The fourth-order valence-corrected chi connectivity index (χ4v) is 5.99. The molecule has 1 heterocycles. The van der Waals surface area contributed by atoms with E-state index in [2.05, 4.69) is 26.6 Å². The number of benzene rings is 1. The number of unbranched alkanes of at least 4 members (excludes halogenated alkanes) is 1. The van der Waals surface area contributed by atoms with Gasteiger partial charge in [0, 0.05) is 13.0 Å². The fraction of sp³-hybridized carbons (Fsp3) is 0.611. The number of hydrogen-bond acceptors (Lipinski definition) is 11. The molecule has 12 N–H and O–H groups in total. The van der Waals surface area contributed by atoms with Gasteiger partial charge in [0.2, 0.25) is 35.4 Å². The Morgan fingerprint density at radius 3 is 2.00 bits per heavy atom. The number of nitrogens with zero attached hydrogens (tertiary/aromatic N) is 1. The molecule has 6 amide bonds. The minimum Gasteiger partial charge on any atom is -0.481 e. The highest BCUT2D eigenvalue weighted by molar-refractivity contribution is 5.98. The molecule has 1 aliphatic heterocycles. The van der Waals surface area contributed by atoms with Crippen molar-refractivity contribution in [1.29, 1.82) is 0 Å². The molecule has 0 radical (unpaired) electrons. The Morgan fingerprint density at radius 2 is 1.42 bits per heavy atom. The number of carbonyl (C=O) groups excluding carboxylic acids is 6. The monoisotopic (exact) mass is 776 g/mol. The van der Waals surface area contributed by atoms with Gasteiger partial charge in [-0.05, 0) is 63.5 Å². The zero-order chi connectivity index (χ0) is 41.2. The van der Waals surface area contributed by atoms with Gasteiger partial charge < -0.3 is 58.3 Å². The number of nitrogens with two attached hydrogens (primary N) is 2. The average molecular weight is 777 g/mol. The predicted molar refractivity (Wildman–Crippen MR) is 198 cm³/mol. The number of aliphatic hydroxyl groups is 1. The number of carboxylic acids is 2. The normalized spacial score (nSPS) is 17.1. The number of carbonyl (C=O) groups is 8. The molecule has 0 saturated carbocycles. The predicted octanol–water partition coefficient (Wildman–Crippen LogP) is -2.28.